The number of rotatable bonds is 35. The van der Waals surface area contributed by atoms with Crippen molar-refractivity contribution in [3.8, 4) is 0 Å². The van der Waals surface area contributed by atoms with Gasteiger partial charge in [0.1, 0.15) is 6.29 Å². The van der Waals surface area contributed by atoms with E-state index in [1.165, 1.54) is 154 Å². The van der Waals surface area contributed by atoms with E-state index >= 15 is 0 Å². The van der Waals surface area contributed by atoms with Gasteiger partial charge in [0.15, 0.2) is 0 Å². The third kappa shape index (κ3) is 46.7. The summed E-state index contributed by atoms with van der Waals surface area (Å²) in [5.41, 5.74) is 0. The molecule has 0 amide bonds. The minimum Gasteiger partial charge on any atom is -0.384 e. The Morgan fingerprint density at radius 2 is 0.851 bits per heavy atom. The molecule has 0 N–H and O–H groups in total. The zero-order chi connectivity index (χ0) is 34.7. The van der Waals surface area contributed by atoms with Crippen molar-refractivity contribution in [2.75, 3.05) is 34.4 Å². The maximum absolute atomic E-state index is 9.68. The van der Waals surface area contributed by atoms with Crippen LogP contribution in [0.15, 0.2) is 48.6 Å². The summed E-state index contributed by atoms with van der Waals surface area (Å²) >= 11 is 0. The quantitative estimate of drug-likeness (QED) is 0.0386. The highest BCUT2D eigenvalue weighted by Gasteiger charge is 2.08. The molecule has 0 aromatic carbocycles. The molecule has 47 heavy (non-hydrogen) atoms. The van der Waals surface area contributed by atoms with E-state index in [2.05, 4.69) is 62.5 Å². The zero-order valence-corrected chi connectivity index (χ0v) is 32.5. The van der Waals surface area contributed by atoms with Crippen LogP contribution in [-0.2, 0) is 9.53 Å². The number of aldehydes is 1. The molecule has 0 aromatic heterocycles. The van der Waals surface area contributed by atoms with Crippen molar-refractivity contribution >= 4 is 6.29 Å². The van der Waals surface area contributed by atoms with Gasteiger partial charge in [0.25, 0.3) is 0 Å². The normalized spacial score (nSPS) is 12.1. The van der Waals surface area contributed by atoms with Crippen molar-refractivity contribution in [1.82, 2.24) is 4.90 Å². The molecule has 0 rings (SSSR count). The SMILES string of the molecule is CCCCC/C=C\C/C=C\CCCCCCCCC(CCCCCCCC/C=C\C/C=C\CCCCC)COC.CN(C)CCC=O. The fraction of sp³-hybridized carbons (Fsp3) is 0.795. The molecule has 3 heteroatoms. The lowest BCUT2D eigenvalue weighted by Crippen LogP contribution is -2.12. The van der Waals surface area contributed by atoms with Gasteiger partial charge in [-0.2, -0.15) is 0 Å². The highest BCUT2D eigenvalue weighted by atomic mass is 16.5. The number of hydrogen-bond acceptors (Lipinski definition) is 3. The third-order valence-electron chi connectivity index (χ3n) is 8.72. The summed E-state index contributed by atoms with van der Waals surface area (Å²) in [5, 5.41) is 0. The van der Waals surface area contributed by atoms with Crippen LogP contribution in [0.25, 0.3) is 0 Å². The Hall–Kier alpha value is -1.45. The van der Waals surface area contributed by atoms with E-state index in [0.717, 1.165) is 38.2 Å². The van der Waals surface area contributed by atoms with Crippen molar-refractivity contribution in [3.05, 3.63) is 48.6 Å². The largest absolute Gasteiger partial charge is 0.384 e. The first-order chi connectivity index (χ1) is 23.1. The maximum Gasteiger partial charge on any atom is 0.121 e. The number of allylic oxidation sites excluding steroid dienone is 8. The first-order valence-corrected chi connectivity index (χ1v) is 20.3. The van der Waals surface area contributed by atoms with Gasteiger partial charge in [0, 0.05) is 26.7 Å². The number of carbonyl (C=O) groups excluding carboxylic acids is 1. The number of methoxy groups -OCH3 is 1. The van der Waals surface area contributed by atoms with Crippen LogP contribution in [-0.4, -0.2) is 45.5 Å². The van der Waals surface area contributed by atoms with E-state index in [9.17, 15) is 4.79 Å². The number of nitrogens with zero attached hydrogens (tertiary/aromatic N) is 1. The van der Waals surface area contributed by atoms with Gasteiger partial charge < -0.3 is 14.4 Å². The van der Waals surface area contributed by atoms with Crippen LogP contribution >= 0.6 is 0 Å². The Labute approximate surface area is 296 Å². The van der Waals surface area contributed by atoms with Crippen LogP contribution in [0, 0.1) is 5.92 Å². The van der Waals surface area contributed by atoms with Gasteiger partial charge in [0.05, 0.1) is 0 Å². The molecule has 0 bridgehead atoms. The maximum atomic E-state index is 9.68. The summed E-state index contributed by atoms with van der Waals surface area (Å²) in [7, 11) is 5.77. The van der Waals surface area contributed by atoms with Gasteiger partial charge in [-0.1, -0.05) is 152 Å². The molecule has 0 radical (unpaired) electrons. The number of hydrogen-bond donors (Lipinski definition) is 0. The summed E-state index contributed by atoms with van der Waals surface area (Å²) in [6.45, 7) is 6.36. The smallest absolute Gasteiger partial charge is 0.121 e. The molecule has 0 heterocycles. The minimum atomic E-state index is 0.646. The van der Waals surface area contributed by atoms with Crippen LogP contribution in [0.3, 0.4) is 0 Å². The molecule has 0 aromatic rings. The van der Waals surface area contributed by atoms with Crippen LogP contribution in [0.4, 0.5) is 0 Å². The third-order valence-corrected chi connectivity index (χ3v) is 8.72. The van der Waals surface area contributed by atoms with Crippen LogP contribution < -0.4 is 0 Å². The second kappa shape index (κ2) is 44.5. The summed E-state index contributed by atoms with van der Waals surface area (Å²) in [6.07, 6.45) is 55.2. The molecule has 3 nitrogen and oxygen atoms in total. The predicted molar refractivity (Wildman–Crippen MR) is 213 cm³/mol. The predicted octanol–water partition coefficient (Wildman–Crippen LogP) is 13.8. The van der Waals surface area contributed by atoms with Gasteiger partial charge in [-0.25, -0.2) is 0 Å². The van der Waals surface area contributed by atoms with E-state index < -0.39 is 0 Å². The molecule has 0 aliphatic rings. The highest BCUT2D eigenvalue weighted by Crippen LogP contribution is 2.20. The van der Waals surface area contributed by atoms with Crippen molar-refractivity contribution in [1.29, 1.82) is 0 Å². The molecule has 0 aliphatic heterocycles. The summed E-state index contributed by atoms with van der Waals surface area (Å²) in [6, 6.07) is 0. The second-order valence-electron chi connectivity index (χ2n) is 13.8. The molecule has 276 valence electrons. The van der Waals surface area contributed by atoms with Crippen molar-refractivity contribution in [3.63, 3.8) is 0 Å². The van der Waals surface area contributed by atoms with E-state index in [0.29, 0.717) is 6.42 Å². The first kappa shape index (κ1) is 47.7. The number of ether oxygens (including phenoxy) is 1. The lowest BCUT2D eigenvalue weighted by atomic mass is 9.94. The van der Waals surface area contributed by atoms with Gasteiger partial charge in [0.2, 0.25) is 0 Å². The minimum absolute atomic E-state index is 0.646. The Kier molecular flexibility index (Phi) is 45.2. The molecule has 0 aliphatic carbocycles. The van der Waals surface area contributed by atoms with E-state index in [1.807, 2.05) is 26.1 Å². The van der Waals surface area contributed by atoms with E-state index in [-0.39, 0.29) is 0 Å². The Morgan fingerprint density at radius 1 is 0.489 bits per heavy atom. The number of carbonyl (C=O) groups is 1. The first-order valence-electron chi connectivity index (χ1n) is 20.3. The monoisotopic (exact) mass is 658 g/mol. The molecule has 0 fully saturated rings. The summed E-state index contributed by atoms with van der Waals surface area (Å²) in [5.74, 6) is 0.779. The molecule has 0 unspecified atom stereocenters. The summed E-state index contributed by atoms with van der Waals surface area (Å²) in [4.78, 5) is 11.7. The molecular formula is C44H83NO2. The summed E-state index contributed by atoms with van der Waals surface area (Å²) < 4.78 is 5.54. The molecule has 0 saturated carbocycles. The molecule has 0 spiro atoms. The lowest BCUT2D eigenvalue weighted by Gasteiger charge is -2.16. The zero-order valence-electron chi connectivity index (χ0n) is 32.5. The van der Waals surface area contributed by atoms with Crippen molar-refractivity contribution < 1.29 is 9.53 Å². The standard InChI is InChI=1S/C39H72O.C5H11NO/c1-4-6-8-10-12-14-16-18-20-22-24-26-28-30-32-34-36-39(38-40-3)37-35-33-31-29-27-25-23-21-19-17-15-13-11-9-7-5-2;1-6(2)4-3-5-7/h12-15,18-21,39H,4-11,16-17,22-38H2,1-3H3;5H,3-4H2,1-2H3/b14-12-,15-13-,20-18-,21-19-;. The Bertz CT molecular complexity index is 645. The fourth-order valence-corrected chi connectivity index (χ4v) is 5.70. The lowest BCUT2D eigenvalue weighted by molar-refractivity contribution is -0.108. The van der Waals surface area contributed by atoms with Crippen LogP contribution in [0.5, 0.6) is 0 Å². The average molecular weight is 658 g/mol. The van der Waals surface area contributed by atoms with Crippen LogP contribution in [0.1, 0.15) is 187 Å². The Balaban J connectivity index is 0. The fourth-order valence-electron chi connectivity index (χ4n) is 5.70. The van der Waals surface area contributed by atoms with Crippen LogP contribution in [0.2, 0.25) is 0 Å². The molecule has 0 saturated heterocycles. The van der Waals surface area contributed by atoms with Crippen molar-refractivity contribution in [2.24, 2.45) is 5.92 Å². The van der Waals surface area contributed by atoms with Crippen molar-refractivity contribution in [2.45, 2.75) is 187 Å². The number of unbranched alkanes of at least 4 members (excludes halogenated alkanes) is 18. The van der Waals surface area contributed by atoms with Gasteiger partial charge in [-0.3, -0.25) is 0 Å². The molecular weight excluding hydrogens is 574 g/mol. The Morgan fingerprint density at radius 3 is 1.17 bits per heavy atom. The van der Waals surface area contributed by atoms with E-state index in [4.69, 9.17) is 4.74 Å². The van der Waals surface area contributed by atoms with E-state index in [1.54, 1.807) is 0 Å². The average Bonchev–Trinajstić information content (AvgIpc) is 3.07. The van der Waals surface area contributed by atoms with Gasteiger partial charge in [-0.15, -0.1) is 0 Å². The highest BCUT2D eigenvalue weighted by molar-refractivity contribution is 5.49. The molecule has 0 atom stereocenters. The van der Waals surface area contributed by atoms with Gasteiger partial charge >= 0.3 is 0 Å². The van der Waals surface area contributed by atoms with Gasteiger partial charge in [-0.05, 0) is 97.1 Å². The second-order valence-corrected chi connectivity index (χ2v) is 13.8. The topological polar surface area (TPSA) is 29.5 Å².